The zero-order valence-electron chi connectivity index (χ0n) is 17.5. The van der Waals surface area contributed by atoms with Crippen molar-refractivity contribution >= 4 is 44.4 Å². The molecule has 0 aromatic heterocycles. The number of rotatable bonds is 4. The van der Waals surface area contributed by atoms with E-state index >= 15 is 0 Å². The van der Waals surface area contributed by atoms with Crippen molar-refractivity contribution < 1.29 is 19.3 Å². The fraction of sp³-hybridized carbons (Fsp3) is 0.240. The van der Waals surface area contributed by atoms with Gasteiger partial charge in [-0.25, -0.2) is 0 Å². The summed E-state index contributed by atoms with van der Waals surface area (Å²) in [5.41, 5.74) is 1.86. The highest BCUT2D eigenvalue weighted by molar-refractivity contribution is 9.10. The summed E-state index contributed by atoms with van der Waals surface area (Å²) < 4.78 is 0.803. The summed E-state index contributed by atoms with van der Waals surface area (Å²) in [6.45, 7) is 3.93. The molecular weight excluding hydrogens is 470 g/mol. The van der Waals surface area contributed by atoms with E-state index in [-0.39, 0.29) is 17.7 Å². The minimum atomic E-state index is -0.221. The highest BCUT2D eigenvalue weighted by atomic mass is 79.9. The smallest absolute Gasteiger partial charge is 0.261 e. The molecule has 0 radical (unpaired) electrons. The summed E-state index contributed by atoms with van der Waals surface area (Å²) in [6, 6.07) is 18.6. The Kier molecular flexibility index (Phi) is 5.53. The Morgan fingerprint density at radius 2 is 1.50 bits per heavy atom. The number of quaternary nitrogens is 1. The van der Waals surface area contributed by atoms with E-state index in [0.29, 0.717) is 42.9 Å². The van der Waals surface area contributed by atoms with E-state index in [1.807, 2.05) is 53.4 Å². The maximum absolute atomic E-state index is 13.1. The van der Waals surface area contributed by atoms with Crippen molar-refractivity contribution in [2.75, 3.05) is 39.3 Å². The van der Waals surface area contributed by atoms with Gasteiger partial charge in [0.2, 0.25) is 0 Å². The van der Waals surface area contributed by atoms with Gasteiger partial charge in [-0.3, -0.25) is 19.3 Å². The summed E-state index contributed by atoms with van der Waals surface area (Å²) >= 11 is 3.46. The van der Waals surface area contributed by atoms with Crippen molar-refractivity contribution in [1.82, 2.24) is 9.80 Å². The van der Waals surface area contributed by atoms with Crippen molar-refractivity contribution in [3.05, 3.63) is 81.8 Å². The maximum Gasteiger partial charge on any atom is 0.261 e. The molecule has 3 amide bonds. The molecule has 0 spiro atoms. The lowest BCUT2D eigenvalue weighted by atomic mass is 9.94. The topological polar surface area (TPSA) is 62.1 Å². The van der Waals surface area contributed by atoms with Crippen LogP contribution in [0.5, 0.6) is 0 Å². The molecule has 2 aliphatic heterocycles. The van der Waals surface area contributed by atoms with E-state index in [4.69, 9.17) is 0 Å². The SMILES string of the molecule is O=C(c1ccccc1Br)N1CC[NH+](CCN2C(=O)c3cccc4cccc(c34)C2=O)CC1. The number of carbonyl (C=O) groups excluding carboxylic acids is 3. The Balaban J connectivity index is 1.23. The number of halogens is 1. The van der Waals surface area contributed by atoms with Crippen molar-refractivity contribution in [2.24, 2.45) is 0 Å². The van der Waals surface area contributed by atoms with Gasteiger partial charge in [-0.15, -0.1) is 0 Å². The number of hydrogen-bond acceptors (Lipinski definition) is 3. The Bertz CT molecular complexity index is 1180. The summed E-state index contributed by atoms with van der Waals surface area (Å²) in [5, 5.41) is 1.67. The predicted octanol–water partition coefficient (Wildman–Crippen LogP) is 2.24. The third kappa shape index (κ3) is 3.61. The molecule has 3 aromatic carbocycles. The first-order chi connectivity index (χ1) is 15.5. The molecule has 1 N–H and O–H groups in total. The lowest BCUT2D eigenvalue weighted by Crippen LogP contribution is -3.15. The van der Waals surface area contributed by atoms with Crippen LogP contribution in [0.15, 0.2) is 65.1 Å². The second kappa shape index (κ2) is 8.48. The third-order valence-electron chi connectivity index (χ3n) is 6.41. The van der Waals surface area contributed by atoms with E-state index in [9.17, 15) is 14.4 Å². The van der Waals surface area contributed by atoms with E-state index in [1.54, 1.807) is 12.1 Å². The number of benzene rings is 3. The van der Waals surface area contributed by atoms with Gasteiger partial charge in [0.25, 0.3) is 17.7 Å². The summed E-state index contributed by atoms with van der Waals surface area (Å²) in [6.07, 6.45) is 0. The molecule has 0 bridgehead atoms. The van der Waals surface area contributed by atoms with Gasteiger partial charge in [-0.1, -0.05) is 36.4 Å². The molecule has 5 rings (SSSR count). The van der Waals surface area contributed by atoms with Crippen LogP contribution in [0.1, 0.15) is 31.1 Å². The fourth-order valence-corrected chi connectivity index (χ4v) is 5.09. The molecular formula is C25H23BrN3O3+. The second-order valence-corrected chi connectivity index (χ2v) is 9.10. The number of carbonyl (C=O) groups is 3. The van der Waals surface area contributed by atoms with Gasteiger partial charge in [-0.05, 0) is 45.6 Å². The average molecular weight is 493 g/mol. The summed E-state index contributed by atoms with van der Waals surface area (Å²) in [5.74, 6) is -0.412. The first kappa shape index (κ1) is 20.8. The minimum Gasteiger partial charge on any atom is -0.331 e. The Labute approximate surface area is 194 Å². The zero-order valence-corrected chi connectivity index (χ0v) is 19.1. The van der Waals surface area contributed by atoms with Crippen LogP contribution in [0, 0.1) is 0 Å². The molecule has 0 saturated carbocycles. The van der Waals surface area contributed by atoms with Crippen LogP contribution in [-0.2, 0) is 0 Å². The van der Waals surface area contributed by atoms with Crippen LogP contribution >= 0.6 is 15.9 Å². The fourth-order valence-electron chi connectivity index (χ4n) is 4.63. The van der Waals surface area contributed by atoms with Gasteiger partial charge in [0.05, 0.1) is 44.8 Å². The van der Waals surface area contributed by atoms with Gasteiger partial charge < -0.3 is 9.80 Å². The highest BCUT2D eigenvalue weighted by Crippen LogP contribution is 2.29. The Hall–Kier alpha value is -3.03. The molecule has 0 atom stereocenters. The molecule has 0 aliphatic carbocycles. The molecule has 2 heterocycles. The molecule has 32 heavy (non-hydrogen) atoms. The van der Waals surface area contributed by atoms with Gasteiger partial charge in [0.1, 0.15) is 0 Å². The largest absolute Gasteiger partial charge is 0.331 e. The van der Waals surface area contributed by atoms with E-state index < -0.39 is 0 Å². The molecule has 1 fully saturated rings. The average Bonchev–Trinajstić information content (AvgIpc) is 2.82. The van der Waals surface area contributed by atoms with Gasteiger partial charge in [-0.2, -0.15) is 0 Å². The quantitative estimate of drug-likeness (QED) is 0.568. The molecule has 1 saturated heterocycles. The monoisotopic (exact) mass is 492 g/mol. The normalized spacial score (nSPS) is 16.7. The Morgan fingerprint density at radius 3 is 2.12 bits per heavy atom. The highest BCUT2D eigenvalue weighted by Gasteiger charge is 2.34. The van der Waals surface area contributed by atoms with Gasteiger partial charge >= 0.3 is 0 Å². The van der Waals surface area contributed by atoms with Crippen molar-refractivity contribution in [3.63, 3.8) is 0 Å². The van der Waals surface area contributed by atoms with E-state index in [1.165, 1.54) is 9.80 Å². The second-order valence-electron chi connectivity index (χ2n) is 8.24. The lowest BCUT2D eigenvalue weighted by molar-refractivity contribution is -0.903. The standard InChI is InChI=1S/C25H22BrN3O3/c26-21-10-2-1-7-18(21)23(30)28-14-11-27(12-15-28)13-16-29-24(31)19-8-3-5-17-6-4-9-20(22(17)19)25(29)32/h1-10H,11-16H2/p+1. The molecule has 6 nitrogen and oxygen atoms in total. The maximum atomic E-state index is 13.1. The van der Waals surface area contributed by atoms with Crippen molar-refractivity contribution in [1.29, 1.82) is 0 Å². The molecule has 7 heteroatoms. The summed E-state index contributed by atoms with van der Waals surface area (Å²) in [4.78, 5) is 43.5. The Morgan fingerprint density at radius 1 is 0.875 bits per heavy atom. The number of imide groups is 1. The number of nitrogens with one attached hydrogen (secondary N) is 1. The summed E-state index contributed by atoms with van der Waals surface area (Å²) in [7, 11) is 0. The molecule has 162 valence electrons. The number of hydrogen-bond donors (Lipinski definition) is 1. The first-order valence-corrected chi connectivity index (χ1v) is 11.6. The van der Waals surface area contributed by atoms with Crippen molar-refractivity contribution in [3.8, 4) is 0 Å². The lowest BCUT2D eigenvalue weighted by Gasteiger charge is -2.34. The number of piperazine rings is 1. The van der Waals surface area contributed by atoms with Crippen LogP contribution in [-0.4, -0.2) is 66.8 Å². The van der Waals surface area contributed by atoms with Crippen LogP contribution in [0.3, 0.4) is 0 Å². The molecule has 3 aromatic rings. The number of nitrogens with zero attached hydrogens (tertiary/aromatic N) is 2. The van der Waals surface area contributed by atoms with Crippen LogP contribution in [0.2, 0.25) is 0 Å². The van der Waals surface area contributed by atoms with Crippen LogP contribution in [0.25, 0.3) is 10.8 Å². The van der Waals surface area contributed by atoms with E-state index in [0.717, 1.165) is 28.3 Å². The van der Waals surface area contributed by atoms with E-state index in [2.05, 4.69) is 15.9 Å². The third-order valence-corrected chi connectivity index (χ3v) is 7.10. The zero-order chi connectivity index (χ0) is 22.2. The van der Waals surface area contributed by atoms with Crippen molar-refractivity contribution in [2.45, 2.75) is 0 Å². The molecule has 2 aliphatic rings. The predicted molar refractivity (Wildman–Crippen MR) is 125 cm³/mol. The number of amides is 3. The minimum absolute atomic E-state index is 0.0302. The molecule has 0 unspecified atom stereocenters. The van der Waals surface area contributed by atoms with Gasteiger partial charge in [0, 0.05) is 21.0 Å². The van der Waals surface area contributed by atoms with Crippen LogP contribution in [0.4, 0.5) is 0 Å². The first-order valence-electron chi connectivity index (χ1n) is 10.8. The van der Waals surface area contributed by atoms with Crippen LogP contribution < -0.4 is 4.90 Å². The van der Waals surface area contributed by atoms with Gasteiger partial charge in [0.15, 0.2) is 0 Å².